The Morgan fingerprint density at radius 1 is 0.913 bits per heavy atom. The predicted octanol–water partition coefficient (Wildman–Crippen LogP) is 4.40. The average Bonchev–Trinajstić information content (AvgIpc) is 2.59. The summed E-state index contributed by atoms with van der Waals surface area (Å²) in [6, 6.07) is 17.6. The monoisotopic (exact) mass is 324 g/mol. The minimum atomic E-state index is 0.00907. The maximum atomic E-state index is 12.9. The Morgan fingerprint density at radius 2 is 1.48 bits per heavy atom. The van der Waals surface area contributed by atoms with Crippen LogP contribution in [0.3, 0.4) is 0 Å². The Morgan fingerprint density at radius 3 is 2.04 bits per heavy atom. The van der Waals surface area contributed by atoms with Gasteiger partial charge in [0, 0.05) is 22.6 Å². The highest BCUT2D eigenvalue weighted by Crippen LogP contribution is 2.51. The van der Waals surface area contributed by atoms with Crippen molar-refractivity contribution in [1.82, 2.24) is 0 Å². The van der Waals surface area contributed by atoms with Crippen molar-refractivity contribution < 1.29 is 4.65 Å². The number of quaternary nitrogens is 1. The summed E-state index contributed by atoms with van der Waals surface area (Å²) in [5.41, 5.74) is 2.56. The molecule has 3 nitrogen and oxygen atoms in total. The number of nitrogens with zero attached hydrogens (tertiary/aromatic N) is 2. The minimum absolute atomic E-state index is 0.00907. The van der Waals surface area contributed by atoms with Gasteiger partial charge in [0.05, 0.1) is 37.1 Å². The fourth-order valence-electron chi connectivity index (χ4n) is 4.50. The molecule has 4 heterocycles. The van der Waals surface area contributed by atoms with Gasteiger partial charge < -0.3 is 14.8 Å². The highest BCUT2D eigenvalue weighted by molar-refractivity contribution is 7.99. The zero-order valence-electron chi connectivity index (χ0n) is 13.0. The average molecular weight is 324 g/mol. The van der Waals surface area contributed by atoms with Crippen molar-refractivity contribution in [3.05, 3.63) is 53.7 Å². The molecule has 2 bridgehead atoms. The third kappa shape index (κ3) is 2.12. The molecule has 6 rings (SSSR count). The Labute approximate surface area is 141 Å². The molecule has 0 aliphatic carbocycles. The van der Waals surface area contributed by atoms with E-state index in [2.05, 4.69) is 53.4 Å². The van der Waals surface area contributed by atoms with E-state index in [1.807, 2.05) is 11.8 Å². The summed E-state index contributed by atoms with van der Waals surface area (Å²) >= 11 is 1.84. The molecule has 0 spiro atoms. The Hall–Kier alpha value is -1.49. The van der Waals surface area contributed by atoms with E-state index in [0.717, 1.165) is 32.5 Å². The van der Waals surface area contributed by atoms with Gasteiger partial charge in [0.15, 0.2) is 0 Å². The van der Waals surface area contributed by atoms with E-state index in [9.17, 15) is 5.21 Å². The van der Waals surface area contributed by atoms with E-state index in [1.165, 1.54) is 21.2 Å². The molecule has 2 aromatic rings. The summed E-state index contributed by atoms with van der Waals surface area (Å²) in [6.07, 6.45) is 2.14. The van der Waals surface area contributed by atoms with E-state index in [4.69, 9.17) is 0 Å². The number of para-hydroxylation sites is 2. The first kappa shape index (κ1) is 13.9. The Kier molecular flexibility index (Phi) is 3.02. The number of benzene rings is 2. The zero-order valence-corrected chi connectivity index (χ0v) is 13.8. The first-order valence-corrected chi connectivity index (χ1v) is 9.27. The molecule has 0 aromatic heterocycles. The lowest BCUT2D eigenvalue weighted by molar-refractivity contribution is -0.897. The second kappa shape index (κ2) is 5.00. The van der Waals surface area contributed by atoms with E-state index < -0.39 is 0 Å². The molecule has 4 heteroatoms. The molecule has 0 radical (unpaired) electrons. The molecule has 0 amide bonds. The molecule has 1 unspecified atom stereocenters. The lowest BCUT2D eigenvalue weighted by atomic mass is 9.82. The normalized spacial score (nSPS) is 31.6. The summed E-state index contributed by atoms with van der Waals surface area (Å²) in [6.45, 7) is 2.36. The third-order valence-electron chi connectivity index (χ3n) is 5.68. The van der Waals surface area contributed by atoms with Gasteiger partial charge in [0.2, 0.25) is 0 Å². The molecule has 3 saturated heterocycles. The smallest absolute Gasteiger partial charge is 0.0997 e. The van der Waals surface area contributed by atoms with E-state index in [-0.39, 0.29) is 4.65 Å². The van der Waals surface area contributed by atoms with Crippen LogP contribution in [0.25, 0.3) is 0 Å². The summed E-state index contributed by atoms with van der Waals surface area (Å²) in [4.78, 5) is 5.09. The Bertz CT molecular complexity index is 709. The maximum Gasteiger partial charge on any atom is 0.0997 e. The van der Waals surface area contributed by atoms with Crippen LogP contribution in [0.4, 0.5) is 11.4 Å². The van der Waals surface area contributed by atoms with Gasteiger partial charge >= 0.3 is 0 Å². The summed E-state index contributed by atoms with van der Waals surface area (Å²) in [5, 5.41) is 12.9. The molecule has 23 heavy (non-hydrogen) atoms. The van der Waals surface area contributed by atoms with Crippen LogP contribution in [0, 0.1) is 11.1 Å². The van der Waals surface area contributed by atoms with Gasteiger partial charge in [-0.15, -0.1) is 0 Å². The molecule has 0 N–H and O–H groups in total. The van der Waals surface area contributed by atoms with Crippen LogP contribution in [-0.4, -0.2) is 30.3 Å². The summed E-state index contributed by atoms with van der Waals surface area (Å²) in [7, 11) is 0. The summed E-state index contributed by atoms with van der Waals surface area (Å²) in [5.74, 6) is 0.646. The molecule has 1 atom stereocenters. The van der Waals surface area contributed by atoms with Gasteiger partial charge in [-0.05, 0) is 30.2 Å². The highest BCUT2D eigenvalue weighted by atomic mass is 32.2. The number of fused-ring (bicyclic) bond motifs is 5. The molecule has 4 aliphatic rings. The predicted molar refractivity (Wildman–Crippen MR) is 93.9 cm³/mol. The zero-order chi connectivity index (χ0) is 15.4. The van der Waals surface area contributed by atoms with E-state index in [1.54, 1.807) is 0 Å². The number of rotatable bonds is 1. The molecular weight excluding hydrogens is 304 g/mol. The molecular formula is C19H20N2OS. The third-order valence-corrected chi connectivity index (χ3v) is 6.81. The van der Waals surface area contributed by atoms with Crippen LogP contribution in [0.5, 0.6) is 0 Å². The fourth-order valence-corrected chi connectivity index (χ4v) is 5.57. The van der Waals surface area contributed by atoms with Gasteiger partial charge in [-0.1, -0.05) is 36.0 Å². The number of anilines is 2. The Balaban J connectivity index is 1.65. The van der Waals surface area contributed by atoms with Gasteiger partial charge in [-0.25, -0.2) is 0 Å². The largest absolute Gasteiger partial charge is 0.633 e. The van der Waals surface area contributed by atoms with Gasteiger partial charge in [-0.3, -0.25) is 0 Å². The molecule has 0 saturated carbocycles. The van der Waals surface area contributed by atoms with E-state index in [0.29, 0.717) is 12.0 Å². The SMILES string of the molecule is [O-][N+]12CCC(CC1)C(N1c3ccccc3Sc3ccccc31)C2. The number of hydrogen-bond acceptors (Lipinski definition) is 3. The van der Waals surface area contributed by atoms with Crippen molar-refractivity contribution in [3.63, 3.8) is 0 Å². The van der Waals surface area contributed by atoms with Crippen LogP contribution in [0.15, 0.2) is 58.3 Å². The van der Waals surface area contributed by atoms with Gasteiger partial charge in [-0.2, -0.15) is 0 Å². The van der Waals surface area contributed by atoms with Crippen molar-refractivity contribution in [1.29, 1.82) is 0 Å². The molecule has 118 valence electrons. The lowest BCUT2D eigenvalue weighted by Gasteiger charge is -2.58. The van der Waals surface area contributed by atoms with Crippen molar-refractivity contribution in [2.75, 3.05) is 24.5 Å². The van der Waals surface area contributed by atoms with Crippen LogP contribution < -0.4 is 4.90 Å². The fraction of sp³-hybridized carbons (Fsp3) is 0.368. The second-order valence-corrected chi connectivity index (χ2v) is 8.08. The van der Waals surface area contributed by atoms with Crippen molar-refractivity contribution in [2.45, 2.75) is 28.7 Å². The summed E-state index contributed by atoms with van der Waals surface area (Å²) < 4.78 is 0.00907. The van der Waals surface area contributed by atoms with Crippen LogP contribution in [0.2, 0.25) is 0 Å². The number of piperidine rings is 3. The second-order valence-electron chi connectivity index (χ2n) is 7.00. The van der Waals surface area contributed by atoms with Crippen LogP contribution in [-0.2, 0) is 0 Å². The number of hydroxylamine groups is 3. The number of hydrogen-bond donors (Lipinski definition) is 0. The lowest BCUT2D eigenvalue weighted by Crippen LogP contribution is -2.64. The highest BCUT2D eigenvalue weighted by Gasteiger charge is 2.45. The van der Waals surface area contributed by atoms with Crippen molar-refractivity contribution in [2.24, 2.45) is 5.92 Å². The van der Waals surface area contributed by atoms with Crippen molar-refractivity contribution in [3.8, 4) is 0 Å². The quantitative estimate of drug-likeness (QED) is 0.574. The first-order chi connectivity index (χ1) is 11.2. The van der Waals surface area contributed by atoms with Gasteiger partial charge in [0.25, 0.3) is 0 Å². The topological polar surface area (TPSA) is 26.3 Å². The maximum absolute atomic E-state index is 12.9. The van der Waals surface area contributed by atoms with Crippen molar-refractivity contribution >= 4 is 23.1 Å². The molecule has 3 fully saturated rings. The minimum Gasteiger partial charge on any atom is -0.633 e. The van der Waals surface area contributed by atoms with E-state index >= 15 is 0 Å². The van der Waals surface area contributed by atoms with Crippen LogP contribution >= 0.6 is 11.8 Å². The van der Waals surface area contributed by atoms with Crippen LogP contribution in [0.1, 0.15) is 12.8 Å². The standard InChI is InChI=1S/C19H20N2OS/c22-21-11-9-14(10-12-21)17(13-21)20-15-5-1-3-7-18(15)23-19-8-4-2-6-16(19)20/h1-8,14,17H,9-13H2. The molecule has 2 aromatic carbocycles. The van der Waals surface area contributed by atoms with Gasteiger partial charge in [0.1, 0.15) is 0 Å². The first-order valence-electron chi connectivity index (χ1n) is 8.46. The molecule has 4 aliphatic heterocycles.